The second-order valence-corrected chi connectivity index (χ2v) is 4.94. The normalized spacial score (nSPS) is 10.2. The minimum atomic E-state index is -1.04. The number of aromatic nitrogens is 2. The number of rotatable bonds is 4. The van der Waals surface area contributed by atoms with Crippen LogP contribution in [0.15, 0.2) is 28.9 Å². The van der Waals surface area contributed by atoms with Crippen LogP contribution in [0.1, 0.15) is 10.4 Å². The van der Waals surface area contributed by atoms with Crippen molar-refractivity contribution in [1.82, 2.24) is 9.97 Å². The highest BCUT2D eigenvalue weighted by Gasteiger charge is 2.11. The molecule has 0 aliphatic carbocycles. The molecule has 0 amide bonds. The largest absolute Gasteiger partial charge is 0.478 e. The van der Waals surface area contributed by atoms with E-state index in [1.165, 1.54) is 19.4 Å². The molecule has 20 heavy (non-hydrogen) atoms. The molecule has 0 fully saturated rings. The van der Waals surface area contributed by atoms with Crippen molar-refractivity contribution in [2.24, 2.45) is 0 Å². The Balaban J connectivity index is 2.35. The summed E-state index contributed by atoms with van der Waals surface area (Å²) in [5.74, 6) is -0.705. The zero-order valence-electron chi connectivity index (χ0n) is 10.2. The monoisotopic (exact) mass is 357 g/mol. The molecule has 1 heterocycles. The van der Waals surface area contributed by atoms with Crippen LogP contribution in [0.25, 0.3) is 0 Å². The second kappa shape index (κ2) is 6.06. The summed E-state index contributed by atoms with van der Waals surface area (Å²) in [7, 11) is 1.44. The van der Waals surface area contributed by atoms with Gasteiger partial charge in [-0.3, -0.25) is 0 Å². The summed E-state index contributed by atoms with van der Waals surface area (Å²) in [6.07, 6.45) is 1.40. The van der Waals surface area contributed by atoms with Crippen molar-refractivity contribution in [3.8, 4) is 6.01 Å². The molecule has 0 spiro atoms. The van der Waals surface area contributed by atoms with Gasteiger partial charge in [-0.15, -0.1) is 0 Å². The molecule has 1 aromatic heterocycles. The number of ether oxygens (including phenoxy) is 1. The van der Waals surface area contributed by atoms with Gasteiger partial charge in [-0.25, -0.2) is 9.78 Å². The van der Waals surface area contributed by atoms with Crippen molar-refractivity contribution in [2.75, 3.05) is 12.4 Å². The first-order valence-corrected chi connectivity index (χ1v) is 6.54. The van der Waals surface area contributed by atoms with Crippen molar-refractivity contribution in [3.63, 3.8) is 0 Å². The molecular weight excluding hydrogens is 350 g/mol. The third kappa shape index (κ3) is 3.17. The number of anilines is 2. The molecule has 0 saturated heterocycles. The van der Waals surface area contributed by atoms with E-state index in [1.54, 1.807) is 12.1 Å². The van der Waals surface area contributed by atoms with Crippen LogP contribution >= 0.6 is 27.5 Å². The van der Waals surface area contributed by atoms with Crippen molar-refractivity contribution in [2.45, 2.75) is 0 Å². The van der Waals surface area contributed by atoms with E-state index in [0.717, 1.165) is 0 Å². The van der Waals surface area contributed by atoms with Crippen LogP contribution < -0.4 is 10.1 Å². The van der Waals surface area contributed by atoms with Gasteiger partial charge in [0.2, 0.25) is 0 Å². The fraction of sp³-hybridized carbons (Fsp3) is 0.0833. The first kappa shape index (κ1) is 14.5. The number of hydrogen-bond donors (Lipinski definition) is 2. The number of nitrogens with one attached hydrogen (secondary N) is 1. The van der Waals surface area contributed by atoms with Crippen molar-refractivity contribution >= 4 is 45.0 Å². The molecule has 6 nitrogen and oxygen atoms in total. The lowest BCUT2D eigenvalue weighted by atomic mass is 10.2. The van der Waals surface area contributed by atoms with Crippen LogP contribution in [0.4, 0.5) is 11.5 Å². The van der Waals surface area contributed by atoms with Crippen LogP contribution in [0, 0.1) is 0 Å². The Bertz CT molecular complexity index is 666. The van der Waals surface area contributed by atoms with Crippen molar-refractivity contribution in [1.29, 1.82) is 0 Å². The molecule has 0 bridgehead atoms. The van der Waals surface area contributed by atoms with Crippen LogP contribution in [-0.2, 0) is 0 Å². The number of hydrogen-bond acceptors (Lipinski definition) is 5. The average Bonchev–Trinajstić information content (AvgIpc) is 2.43. The first-order chi connectivity index (χ1) is 9.51. The Labute approximate surface area is 127 Å². The molecular formula is C12H9BrClN3O3. The molecule has 1 aromatic carbocycles. The molecule has 0 unspecified atom stereocenters. The summed E-state index contributed by atoms with van der Waals surface area (Å²) in [6, 6.07) is 4.95. The lowest BCUT2D eigenvalue weighted by molar-refractivity contribution is 0.0696. The smallest absolute Gasteiger partial charge is 0.336 e. The van der Waals surface area contributed by atoms with E-state index in [9.17, 15) is 4.79 Å². The highest BCUT2D eigenvalue weighted by Crippen LogP contribution is 2.27. The van der Waals surface area contributed by atoms with Gasteiger partial charge in [0.25, 0.3) is 0 Å². The van der Waals surface area contributed by atoms with E-state index in [0.29, 0.717) is 21.0 Å². The Morgan fingerprint density at radius 3 is 2.90 bits per heavy atom. The quantitative estimate of drug-likeness (QED) is 0.872. The number of methoxy groups -OCH3 is 1. The number of carboxylic acids is 1. The fourth-order valence-corrected chi connectivity index (χ4v) is 2.00. The van der Waals surface area contributed by atoms with E-state index < -0.39 is 5.97 Å². The van der Waals surface area contributed by atoms with Gasteiger partial charge in [0.1, 0.15) is 5.02 Å². The topological polar surface area (TPSA) is 84.3 Å². The number of carbonyl (C=O) groups is 1. The number of nitrogens with zero attached hydrogens (tertiary/aromatic N) is 2. The zero-order chi connectivity index (χ0) is 14.7. The summed E-state index contributed by atoms with van der Waals surface area (Å²) in [4.78, 5) is 19.0. The first-order valence-electron chi connectivity index (χ1n) is 5.37. The minimum absolute atomic E-state index is 0.132. The van der Waals surface area contributed by atoms with E-state index in [-0.39, 0.29) is 11.6 Å². The maximum Gasteiger partial charge on any atom is 0.336 e. The van der Waals surface area contributed by atoms with Crippen molar-refractivity contribution in [3.05, 3.63) is 39.5 Å². The van der Waals surface area contributed by atoms with Crippen LogP contribution in [-0.4, -0.2) is 28.2 Å². The predicted molar refractivity (Wildman–Crippen MR) is 78.0 cm³/mol. The summed E-state index contributed by atoms with van der Waals surface area (Å²) in [5, 5.41) is 12.3. The molecule has 2 aromatic rings. The third-order valence-corrected chi connectivity index (χ3v) is 3.33. The molecule has 0 saturated carbocycles. The maximum atomic E-state index is 11.1. The summed E-state index contributed by atoms with van der Waals surface area (Å²) in [5.41, 5.74) is 0.667. The van der Waals surface area contributed by atoms with E-state index in [1.807, 2.05) is 0 Å². The molecule has 2 rings (SSSR count). The third-order valence-electron chi connectivity index (χ3n) is 2.36. The molecule has 104 valence electrons. The van der Waals surface area contributed by atoms with Crippen LogP contribution in [0.3, 0.4) is 0 Å². The SMILES string of the molecule is COc1ncc(Cl)c(Nc2ccc(Br)c(C(=O)O)c2)n1. The van der Waals surface area contributed by atoms with E-state index in [2.05, 4.69) is 31.2 Å². The lowest BCUT2D eigenvalue weighted by Crippen LogP contribution is -2.02. The Morgan fingerprint density at radius 1 is 1.50 bits per heavy atom. The number of halogens is 2. The minimum Gasteiger partial charge on any atom is -0.478 e. The van der Waals surface area contributed by atoms with Gasteiger partial charge < -0.3 is 15.2 Å². The van der Waals surface area contributed by atoms with E-state index in [4.69, 9.17) is 21.4 Å². The highest BCUT2D eigenvalue weighted by atomic mass is 79.9. The van der Waals surface area contributed by atoms with Gasteiger partial charge in [-0.05, 0) is 34.1 Å². The lowest BCUT2D eigenvalue weighted by Gasteiger charge is -2.09. The second-order valence-electron chi connectivity index (χ2n) is 3.68. The van der Waals surface area contributed by atoms with Gasteiger partial charge in [-0.1, -0.05) is 11.6 Å². The van der Waals surface area contributed by atoms with Crippen LogP contribution in [0.2, 0.25) is 5.02 Å². The Hall–Kier alpha value is -1.86. The molecule has 8 heteroatoms. The van der Waals surface area contributed by atoms with E-state index >= 15 is 0 Å². The number of benzene rings is 1. The summed E-state index contributed by atoms with van der Waals surface area (Å²) < 4.78 is 5.39. The zero-order valence-corrected chi connectivity index (χ0v) is 12.6. The van der Waals surface area contributed by atoms with Crippen molar-refractivity contribution < 1.29 is 14.6 Å². The highest BCUT2D eigenvalue weighted by molar-refractivity contribution is 9.10. The fourth-order valence-electron chi connectivity index (χ4n) is 1.44. The van der Waals surface area contributed by atoms with Crippen LogP contribution in [0.5, 0.6) is 6.01 Å². The standard InChI is InChI=1S/C12H9BrClN3O3/c1-20-12-15-5-9(14)10(17-12)16-6-2-3-8(13)7(4-6)11(18)19/h2-5H,1H3,(H,18,19)(H,15,16,17). The molecule has 0 aliphatic heterocycles. The van der Waals surface area contributed by atoms with Gasteiger partial charge in [0.15, 0.2) is 5.82 Å². The Kier molecular flexibility index (Phi) is 4.41. The van der Waals surface area contributed by atoms with Gasteiger partial charge in [0, 0.05) is 10.2 Å². The maximum absolute atomic E-state index is 11.1. The van der Waals surface area contributed by atoms with Gasteiger partial charge in [-0.2, -0.15) is 4.98 Å². The Morgan fingerprint density at radius 2 is 2.25 bits per heavy atom. The number of carboxylic acid groups (broad SMARTS) is 1. The van der Waals surface area contributed by atoms with Gasteiger partial charge >= 0.3 is 12.0 Å². The average molecular weight is 359 g/mol. The molecule has 2 N–H and O–H groups in total. The number of aromatic carboxylic acids is 1. The molecule has 0 radical (unpaired) electrons. The summed E-state index contributed by atoms with van der Waals surface area (Å²) in [6.45, 7) is 0. The van der Waals surface area contributed by atoms with Gasteiger partial charge in [0.05, 0.1) is 18.9 Å². The predicted octanol–water partition coefficient (Wildman–Crippen LogP) is 3.34. The molecule has 0 atom stereocenters. The summed E-state index contributed by atoms with van der Waals surface area (Å²) >= 11 is 9.14. The molecule has 0 aliphatic rings.